The Bertz CT molecular complexity index is 513. The molecule has 0 bridgehead atoms. The van der Waals surface area contributed by atoms with Crippen LogP contribution in [0.15, 0.2) is 11.3 Å². The highest BCUT2D eigenvalue weighted by molar-refractivity contribution is 6.00. The number of methoxy groups -OCH3 is 1. The lowest BCUT2D eigenvalue weighted by Gasteiger charge is -2.20. The van der Waals surface area contributed by atoms with Crippen LogP contribution in [0.3, 0.4) is 0 Å². The number of hydrogen-bond donors (Lipinski definition) is 2. The molecule has 0 fully saturated rings. The second-order valence-electron chi connectivity index (χ2n) is 5.64. The molecule has 9 heteroatoms. The number of hydrogen-bond acceptors (Lipinski definition) is 4. The van der Waals surface area contributed by atoms with E-state index in [0.717, 1.165) is 7.11 Å². The summed E-state index contributed by atoms with van der Waals surface area (Å²) in [4.78, 5) is 35.1. The van der Waals surface area contributed by atoms with Gasteiger partial charge in [-0.25, -0.2) is 4.79 Å². The van der Waals surface area contributed by atoms with E-state index in [0.29, 0.717) is 0 Å². The minimum absolute atomic E-state index is 0.0267. The van der Waals surface area contributed by atoms with Crippen LogP contribution in [-0.4, -0.2) is 37.1 Å². The molecule has 0 aromatic carbocycles. The largest absolute Gasteiger partial charge is 0.471 e. The number of esters is 1. The van der Waals surface area contributed by atoms with Gasteiger partial charge in [-0.15, -0.1) is 0 Å². The first-order valence-electron chi connectivity index (χ1n) is 7.40. The van der Waals surface area contributed by atoms with Crippen molar-refractivity contribution < 1.29 is 32.3 Å². The summed E-state index contributed by atoms with van der Waals surface area (Å²) < 4.78 is 41.8. The molecule has 1 atom stereocenters. The molecule has 0 aliphatic heterocycles. The topological polar surface area (TPSA) is 84.5 Å². The van der Waals surface area contributed by atoms with E-state index in [1.165, 1.54) is 6.92 Å². The van der Waals surface area contributed by atoms with Crippen LogP contribution < -0.4 is 10.6 Å². The first-order valence-corrected chi connectivity index (χ1v) is 7.40. The van der Waals surface area contributed by atoms with Crippen molar-refractivity contribution >= 4 is 17.8 Å². The number of carbonyl (C=O) groups excluding carboxylic acids is 3. The fourth-order valence-electron chi connectivity index (χ4n) is 1.78. The summed E-state index contributed by atoms with van der Waals surface area (Å²) in [5.74, 6) is -3.91. The molecular weight excluding hydrogens is 329 g/mol. The highest BCUT2D eigenvalue weighted by Gasteiger charge is 2.40. The van der Waals surface area contributed by atoms with Gasteiger partial charge in [0.2, 0.25) is 0 Å². The lowest BCUT2D eigenvalue weighted by Crippen LogP contribution is -2.47. The Labute approximate surface area is 138 Å². The number of ether oxygens (including phenoxy) is 1. The lowest BCUT2D eigenvalue weighted by molar-refractivity contribution is -0.173. The second-order valence-corrected chi connectivity index (χ2v) is 5.64. The number of allylic oxidation sites excluding steroid dienone is 1. The van der Waals surface area contributed by atoms with Crippen LogP contribution in [-0.2, 0) is 19.1 Å². The summed E-state index contributed by atoms with van der Waals surface area (Å²) in [6.07, 6.45) is -4.64. The summed E-state index contributed by atoms with van der Waals surface area (Å²) in [6.45, 7) is 6.65. The third-order valence-electron chi connectivity index (χ3n) is 3.18. The molecule has 0 saturated heterocycles. The van der Waals surface area contributed by atoms with Crippen molar-refractivity contribution in [1.29, 1.82) is 0 Å². The van der Waals surface area contributed by atoms with Gasteiger partial charge in [0.1, 0.15) is 11.7 Å². The Morgan fingerprint density at radius 2 is 1.71 bits per heavy atom. The number of carbonyl (C=O) groups is 3. The van der Waals surface area contributed by atoms with Crippen molar-refractivity contribution in [1.82, 2.24) is 10.6 Å². The van der Waals surface area contributed by atoms with Crippen LogP contribution in [0.2, 0.25) is 0 Å². The Morgan fingerprint density at radius 3 is 2.08 bits per heavy atom. The van der Waals surface area contributed by atoms with Crippen molar-refractivity contribution in [2.45, 2.75) is 52.8 Å². The molecule has 0 heterocycles. The van der Waals surface area contributed by atoms with Crippen molar-refractivity contribution in [2.75, 3.05) is 7.11 Å². The molecule has 0 aliphatic rings. The van der Waals surface area contributed by atoms with Crippen molar-refractivity contribution in [3.05, 3.63) is 11.3 Å². The van der Waals surface area contributed by atoms with Gasteiger partial charge in [0.15, 0.2) is 0 Å². The van der Waals surface area contributed by atoms with E-state index in [1.54, 1.807) is 12.2 Å². The highest BCUT2D eigenvalue weighted by atomic mass is 19.4. The van der Waals surface area contributed by atoms with Crippen molar-refractivity contribution in [3.8, 4) is 0 Å². The number of nitrogens with one attached hydrogen (secondary N) is 2. The maximum atomic E-state index is 12.4. The summed E-state index contributed by atoms with van der Waals surface area (Å²) in [7, 11) is 1.14. The summed E-state index contributed by atoms with van der Waals surface area (Å²) in [5.41, 5.74) is -0.268. The van der Waals surface area contributed by atoms with Crippen LogP contribution in [0.25, 0.3) is 0 Å². The molecule has 0 aliphatic carbocycles. The highest BCUT2D eigenvalue weighted by Crippen LogP contribution is 2.17. The number of rotatable bonds is 7. The monoisotopic (exact) mass is 352 g/mol. The maximum absolute atomic E-state index is 12.4. The van der Waals surface area contributed by atoms with E-state index in [4.69, 9.17) is 0 Å². The minimum atomic E-state index is -5.13. The molecule has 0 aromatic heterocycles. The summed E-state index contributed by atoms with van der Waals surface area (Å²) in [6, 6.07) is -1.02. The first kappa shape index (κ1) is 21.9. The van der Waals surface area contributed by atoms with Gasteiger partial charge in [-0.05, 0) is 31.3 Å². The molecule has 0 saturated carbocycles. The van der Waals surface area contributed by atoms with Gasteiger partial charge in [0, 0.05) is 0 Å². The van der Waals surface area contributed by atoms with Crippen LogP contribution in [0.5, 0.6) is 0 Å². The molecule has 2 amide bonds. The van der Waals surface area contributed by atoms with E-state index < -0.39 is 35.7 Å². The Balaban J connectivity index is 5.40. The van der Waals surface area contributed by atoms with E-state index in [2.05, 4.69) is 10.1 Å². The molecule has 0 unspecified atom stereocenters. The minimum Gasteiger partial charge on any atom is -0.467 e. The molecular formula is C15H23F3N2O4. The van der Waals surface area contributed by atoms with E-state index in [-0.39, 0.29) is 24.3 Å². The summed E-state index contributed by atoms with van der Waals surface area (Å²) in [5, 5.41) is 3.89. The molecule has 0 radical (unpaired) electrons. The van der Waals surface area contributed by atoms with Gasteiger partial charge >= 0.3 is 18.1 Å². The Morgan fingerprint density at radius 1 is 1.17 bits per heavy atom. The van der Waals surface area contributed by atoms with E-state index >= 15 is 0 Å². The third kappa shape index (κ3) is 7.01. The van der Waals surface area contributed by atoms with Gasteiger partial charge < -0.3 is 15.4 Å². The third-order valence-corrected chi connectivity index (χ3v) is 3.18. The zero-order chi connectivity index (χ0) is 19.1. The van der Waals surface area contributed by atoms with Gasteiger partial charge in [-0.3, -0.25) is 9.59 Å². The van der Waals surface area contributed by atoms with Crippen molar-refractivity contribution in [3.63, 3.8) is 0 Å². The number of halogens is 3. The van der Waals surface area contributed by atoms with E-state index in [1.807, 2.05) is 13.8 Å². The normalized spacial score (nSPS) is 13.9. The van der Waals surface area contributed by atoms with Gasteiger partial charge in [-0.2, -0.15) is 13.2 Å². The SMILES string of the molecule is CC/C(C)=C(/NC(=O)C(F)(F)F)C(=O)N[C@@H](CC(C)C)C(=O)OC. The second kappa shape index (κ2) is 9.29. The molecule has 0 rings (SSSR count). The van der Waals surface area contributed by atoms with Crippen LogP contribution in [0, 0.1) is 5.92 Å². The molecule has 2 N–H and O–H groups in total. The smallest absolute Gasteiger partial charge is 0.467 e. The maximum Gasteiger partial charge on any atom is 0.471 e. The van der Waals surface area contributed by atoms with Crippen molar-refractivity contribution in [2.24, 2.45) is 5.92 Å². The fraction of sp³-hybridized carbons (Fsp3) is 0.667. The number of amides is 2. The molecule has 0 aromatic rings. The number of alkyl halides is 3. The molecule has 138 valence electrons. The average Bonchev–Trinajstić information content (AvgIpc) is 2.48. The van der Waals surface area contributed by atoms with E-state index in [9.17, 15) is 27.6 Å². The summed E-state index contributed by atoms with van der Waals surface area (Å²) >= 11 is 0. The Kier molecular flexibility index (Phi) is 8.49. The van der Waals surface area contributed by atoms with Crippen LogP contribution in [0.4, 0.5) is 13.2 Å². The van der Waals surface area contributed by atoms with Crippen LogP contribution in [0.1, 0.15) is 40.5 Å². The average molecular weight is 352 g/mol. The molecule has 24 heavy (non-hydrogen) atoms. The lowest BCUT2D eigenvalue weighted by atomic mass is 10.0. The van der Waals surface area contributed by atoms with Gasteiger partial charge in [0.05, 0.1) is 7.11 Å². The van der Waals surface area contributed by atoms with Gasteiger partial charge in [-0.1, -0.05) is 20.8 Å². The quantitative estimate of drug-likeness (QED) is 0.543. The predicted molar refractivity (Wildman–Crippen MR) is 80.6 cm³/mol. The van der Waals surface area contributed by atoms with Crippen LogP contribution >= 0.6 is 0 Å². The van der Waals surface area contributed by atoms with Gasteiger partial charge in [0.25, 0.3) is 5.91 Å². The zero-order valence-electron chi connectivity index (χ0n) is 14.3. The fourth-order valence-corrected chi connectivity index (χ4v) is 1.78. The molecule has 6 nitrogen and oxygen atoms in total. The predicted octanol–water partition coefficient (Wildman–Crippen LogP) is 2.05. The standard InChI is InChI=1S/C15H23F3N2O4/c1-6-9(4)11(20-14(23)15(16,17)18)12(21)19-10(7-8(2)3)13(22)24-5/h8,10H,6-7H2,1-5H3,(H,19,21)(H,20,23)/b11-9+/t10-/m0/s1. The zero-order valence-corrected chi connectivity index (χ0v) is 14.3. The molecule has 0 spiro atoms. The first-order chi connectivity index (χ1) is 10.9. The Hall–Kier alpha value is -2.06.